The molecule has 2 unspecified atom stereocenters. The predicted molar refractivity (Wildman–Crippen MR) is 81.8 cm³/mol. The predicted octanol–water partition coefficient (Wildman–Crippen LogP) is 3.63. The number of carbonyl (C=O) groups is 1. The van der Waals surface area contributed by atoms with E-state index in [9.17, 15) is 4.79 Å². The molecule has 1 fully saturated rings. The van der Waals surface area contributed by atoms with E-state index in [2.05, 4.69) is 19.1 Å². The summed E-state index contributed by atoms with van der Waals surface area (Å²) in [6.45, 7) is 4.97. The molecular formula is C18H19NO. The van der Waals surface area contributed by atoms with Gasteiger partial charge >= 0.3 is 0 Å². The van der Waals surface area contributed by atoms with Crippen LogP contribution in [0.4, 0.5) is 5.69 Å². The smallest absolute Gasteiger partial charge is 0.230 e. The van der Waals surface area contributed by atoms with E-state index >= 15 is 0 Å². The molecule has 1 aliphatic heterocycles. The largest absolute Gasteiger partial charge is 0.311 e. The fourth-order valence-electron chi connectivity index (χ4n) is 3.04. The summed E-state index contributed by atoms with van der Waals surface area (Å²) in [5.41, 5.74) is 2.09. The van der Waals surface area contributed by atoms with Crippen LogP contribution in [0.2, 0.25) is 0 Å². The Morgan fingerprint density at radius 1 is 1.00 bits per heavy atom. The number of hydrogen-bond donors (Lipinski definition) is 0. The van der Waals surface area contributed by atoms with Crippen molar-refractivity contribution in [1.29, 1.82) is 0 Å². The van der Waals surface area contributed by atoms with Crippen molar-refractivity contribution >= 4 is 11.6 Å². The lowest BCUT2D eigenvalue weighted by Crippen LogP contribution is -2.30. The monoisotopic (exact) mass is 265 g/mol. The molecule has 1 amide bonds. The van der Waals surface area contributed by atoms with Crippen molar-refractivity contribution in [2.75, 3.05) is 11.4 Å². The number of hydrogen-bond acceptors (Lipinski definition) is 1. The van der Waals surface area contributed by atoms with Crippen molar-refractivity contribution in [3.63, 3.8) is 0 Å². The van der Waals surface area contributed by atoms with Crippen LogP contribution in [0.3, 0.4) is 0 Å². The highest BCUT2D eigenvalue weighted by Crippen LogP contribution is 2.41. The number of carbonyl (C=O) groups excluding carboxylic acids is 1. The lowest BCUT2D eigenvalue weighted by atomic mass is 9.75. The molecule has 102 valence electrons. The fraction of sp³-hybridized carbons (Fsp3) is 0.278. The van der Waals surface area contributed by atoms with Crippen molar-refractivity contribution in [3.8, 4) is 0 Å². The highest BCUT2D eigenvalue weighted by Gasteiger charge is 2.47. The maximum atomic E-state index is 12.6. The Labute approximate surface area is 120 Å². The number of amides is 1. The topological polar surface area (TPSA) is 20.3 Å². The Balaban J connectivity index is 1.99. The van der Waals surface area contributed by atoms with Gasteiger partial charge in [0, 0.05) is 23.6 Å². The summed E-state index contributed by atoms with van der Waals surface area (Å²) in [6.07, 6.45) is 0. The molecule has 0 aliphatic carbocycles. The van der Waals surface area contributed by atoms with Crippen molar-refractivity contribution in [2.24, 2.45) is 5.92 Å². The van der Waals surface area contributed by atoms with Crippen LogP contribution in [0.1, 0.15) is 19.4 Å². The highest BCUT2D eigenvalue weighted by molar-refractivity contribution is 5.98. The van der Waals surface area contributed by atoms with Gasteiger partial charge in [-0.2, -0.15) is 0 Å². The fourth-order valence-corrected chi connectivity index (χ4v) is 3.04. The number of benzene rings is 2. The first-order chi connectivity index (χ1) is 9.63. The normalized spacial score (nSPS) is 26.0. The molecule has 3 rings (SSSR count). The van der Waals surface area contributed by atoms with Crippen molar-refractivity contribution in [1.82, 2.24) is 0 Å². The van der Waals surface area contributed by atoms with Gasteiger partial charge in [-0.15, -0.1) is 0 Å². The van der Waals surface area contributed by atoms with Crippen LogP contribution < -0.4 is 4.90 Å². The van der Waals surface area contributed by atoms with Gasteiger partial charge in [-0.3, -0.25) is 4.79 Å². The van der Waals surface area contributed by atoms with Gasteiger partial charge in [0.25, 0.3) is 0 Å². The second kappa shape index (κ2) is 4.78. The molecule has 0 saturated carbocycles. The Kier molecular flexibility index (Phi) is 3.09. The lowest BCUT2D eigenvalue weighted by molar-refractivity contribution is -0.120. The minimum absolute atomic E-state index is 0.00916. The first-order valence-electron chi connectivity index (χ1n) is 7.05. The van der Waals surface area contributed by atoms with Gasteiger partial charge in [-0.25, -0.2) is 0 Å². The maximum absolute atomic E-state index is 12.6. The Hall–Kier alpha value is -2.09. The zero-order valence-electron chi connectivity index (χ0n) is 11.9. The van der Waals surface area contributed by atoms with E-state index < -0.39 is 0 Å². The third kappa shape index (κ3) is 1.92. The Bertz CT molecular complexity index is 608. The van der Waals surface area contributed by atoms with Crippen LogP contribution in [0.15, 0.2) is 60.7 Å². The van der Waals surface area contributed by atoms with Gasteiger partial charge in [0.05, 0.1) is 0 Å². The summed E-state index contributed by atoms with van der Waals surface area (Å²) in [6, 6.07) is 20.3. The average molecular weight is 265 g/mol. The molecule has 0 aromatic heterocycles. The zero-order chi connectivity index (χ0) is 14.2. The average Bonchev–Trinajstić information content (AvgIpc) is 2.75. The Morgan fingerprint density at radius 2 is 1.55 bits per heavy atom. The van der Waals surface area contributed by atoms with Crippen LogP contribution >= 0.6 is 0 Å². The molecule has 2 nitrogen and oxygen atoms in total. The molecule has 0 N–H and O–H groups in total. The van der Waals surface area contributed by atoms with Crippen molar-refractivity contribution < 1.29 is 4.79 Å². The lowest BCUT2D eigenvalue weighted by Gasteiger charge is -2.27. The number of para-hydroxylation sites is 1. The van der Waals surface area contributed by atoms with E-state index in [-0.39, 0.29) is 17.2 Å². The van der Waals surface area contributed by atoms with Crippen LogP contribution in [-0.2, 0) is 10.2 Å². The van der Waals surface area contributed by atoms with Gasteiger partial charge < -0.3 is 4.90 Å². The molecule has 1 heterocycles. The van der Waals surface area contributed by atoms with E-state index in [1.54, 1.807) is 0 Å². The van der Waals surface area contributed by atoms with Gasteiger partial charge in [0.15, 0.2) is 0 Å². The van der Waals surface area contributed by atoms with E-state index in [0.29, 0.717) is 0 Å². The summed E-state index contributed by atoms with van der Waals surface area (Å²) in [5, 5.41) is 0. The van der Waals surface area contributed by atoms with Crippen molar-refractivity contribution in [2.45, 2.75) is 19.3 Å². The van der Waals surface area contributed by atoms with Gasteiger partial charge in [0.1, 0.15) is 0 Å². The summed E-state index contributed by atoms with van der Waals surface area (Å²) in [5.74, 6) is 0.202. The van der Waals surface area contributed by atoms with Crippen LogP contribution in [-0.4, -0.2) is 12.5 Å². The third-order valence-electron chi connectivity index (χ3n) is 4.58. The second-order valence-corrected chi connectivity index (χ2v) is 5.77. The Morgan fingerprint density at radius 3 is 2.15 bits per heavy atom. The molecule has 0 bridgehead atoms. The standard InChI is InChI=1S/C18H19NO/c1-14-17(20)19(16-11-7-4-8-12-16)13-18(14,2)15-9-5-3-6-10-15/h3-12,14H,13H2,1-2H3. The maximum Gasteiger partial charge on any atom is 0.230 e. The first kappa shape index (κ1) is 12.9. The second-order valence-electron chi connectivity index (χ2n) is 5.77. The number of rotatable bonds is 2. The van der Waals surface area contributed by atoms with Crippen LogP contribution in [0, 0.1) is 5.92 Å². The van der Waals surface area contributed by atoms with Crippen molar-refractivity contribution in [3.05, 3.63) is 66.2 Å². The van der Waals surface area contributed by atoms with E-state index in [1.807, 2.05) is 60.4 Å². The molecule has 1 aliphatic rings. The SMILES string of the molecule is CC1C(=O)N(c2ccccc2)CC1(C)c1ccccc1. The van der Waals surface area contributed by atoms with Gasteiger partial charge in [0.2, 0.25) is 5.91 Å². The minimum atomic E-state index is -0.131. The molecule has 0 spiro atoms. The van der Waals surface area contributed by atoms with E-state index in [1.165, 1.54) is 5.56 Å². The van der Waals surface area contributed by atoms with Crippen LogP contribution in [0.25, 0.3) is 0 Å². The highest BCUT2D eigenvalue weighted by atomic mass is 16.2. The summed E-state index contributed by atoms with van der Waals surface area (Å²) in [4.78, 5) is 14.5. The summed E-state index contributed by atoms with van der Waals surface area (Å²) >= 11 is 0. The quantitative estimate of drug-likeness (QED) is 0.812. The summed E-state index contributed by atoms with van der Waals surface area (Å²) < 4.78 is 0. The molecule has 2 atom stereocenters. The number of anilines is 1. The van der Waals surface area contributed by atoms with Crippen LogP contribution in [0.5, 0.6) is 0 Å². The molecule has 0 radical (unpaired) electrons. The zero-order valence-corrected chi connectivity index (χ0v) is 11.9. The van der Waals surface area contributed by atoms with E-state index in [0.717, 1.165) is 12.2 Å². The first-order valence-corrected chi connectivity index (χ1v) is 7.05. The molecular weight excluding hydrogens is 246 g/mol. The molecule has 1 saturated heterocycles. The molecule has 2 aromatic rings. The van der Waals surface area contributed by atoms with E-state index in [4.69, 9.17) is 0 Å². The molecule has 20 heavy (non-hydrogen) atoms. The molecule has 2 aromatic carbocycles. The molecule has 2 heteroatoms. The third-order valence-corrected chi connectivity index (χ3v) is 4.58. The number of nitrogens with zero attached hydrogens (tertiary/aromatic N) is 1. The minimum Gasteiger partial charge on any atom is -0.311 e. The summed E-state index contributed by atoms with van der Waals surface area (Å²) in [7, 11) is 0. The van der Waals surface area contributed by atoms with Gasteiger partial charge in [-0.1, -0.05) is 62.4 Å². The van der Waals surface area contributed by atoms with Gasteiger partial charge in [-0.05, 0) is 17.7 Å².